The van der Waals surface area contributed by atoms with E-state index in [0.717, 1.165) is 18.7 Å². The molecule has 1 aromatic heterocycles. The first kappa shape index (κ1) is 14.9. The molecule has 0 amide bonds. The highest BCUT2D eigenvalue weighted by Gasteiger charge is 2.09. The molecule has 0 fully saturated rings. The Bertz CT molecular complexity index is 629. The predicted molar refractivity (Wildman–Crippen MR) is 80.9 cm³/mol. The lowest BCUT2D eigenvalue weighted by Crippen LogP contribution is -2.28. The molecule has 0 aliphatic carbocycles. The van der Waals surface area contributed by atoms with Crippen LogP contribution in [0.1, 0.15) is 21.6 Å². The van der Waals surface area contributed by atoms with E-state index in [1.165, 1.54) is 0 Å². The molecule has 0 unspecified atom stereocenters. The van der Waals surface area contributed by atoms with Gasteiger partial charge in [0.1, 0.15) is 0 Å². The third-order valence-corrected chi connectivity index (χ3v) is 3.23. The molecule has 106 valence electrons. The van der Waals surface area contributed by atoms with Gasteiger partial charge in [0, 0.05) is 30.4 Å². The van der Waals surface area contributed by atoms with Crippen LogP contribution in [0.4, 0.5) is 0 Å². The van der Waals surface area contributed by atoms with E-state index in [1.54, 1.807) is 30.5 Å². The van der Waals surface area contributed by atoms with Gasteiger partial charge in [0.05, 0.1) is 18.2 Å². The van der Waals surface area contributed by atoms with E-state index in [4.69, 9.17) is 5.26 Å². The Labute approximate surface area is 124 Å². The van der Waals surface area contributed by atoms with Crippen molar-refractivity contribution in [2.45, 2.75) is 6.42 Å². The van der Waals surface area contributed by atoms with E-state index in [9.17, 15) is 4.79 Å². The molecule has 1 heterocycles. The third-order valence-electron chi connectivity index (χ3n) is 3.23. The Morgan fingerprint density at radius 2 is 2.00 bits per heavy atom. The maximum atomic E-state index is 12.1. The number of benzene rings is 1. The Balaban J connectivity index is 1.85. The monoisotopic (exact) mass is 279 g/mol. The van der Waals surface area contributed by atoms with Gasteiger partial charge in [0.25, 0.3) is 0 Å². The highest BCUT2D eigenvalue weighted by atomic mass is 16.1. The number of nitriles is 1. The second-order valence-corrected chi connectivity index (χ2v) is 4.92. The molecule has 0 aliphatic heterocycles. The fourth-order valence-corrected chi connectivity index (χ4v) is 2.00. The van der Waals surface area contributed by atoms with E-state index in [2.05, 4.69) is 4.98 Å². The van der Waals surface area contributed by atoms with Crippen LogP contribution in [-0.4, -0.2) is 35.8 Å². The summed E-state index contributed by atoms with van der Waals surface area (Å²) in [6, 6.07) is 14.6. The fourth-order valence-electron chi connectivity index (χ4n) is 2.00. The number of carbonyl (C=O) groups excluding carboxylic acids is 1. The highest BCUT2D eigenvalue weighted by Crippen LogP contribution is 2.05. The van der Waals surface area contributed by atoms with Crippen molar-refractivity contribution >= 4 is 5.78 Å². The molecular formula is C17H17N3O. The molecular weight excluding hydrogens is 262 g/mol. The fraction of sp³-hybridized carbons (Fsp3) is 0.235. The summed E-state index contributed by atoms with van der Waals surface area (Å²) in [6.45, 7) is 1.14. The second-order valence-electron chi connectivity index (χ2n) is 4.92. The molecule has 0 spiro atoms. The summed E-state index contributed by atoms with van der Waals surface area (Å²) in [4.78, 5) is 18.4. The number of nitrogens with zero attached hydrogens (tertiary/aromatic N) is 3. The molecule has 4 nitrogen and oxygen atoms in total. The average Bonchev–Trinajstić information content (AvgIpc) is 2.54. The largest absolute Gasteiger partial charge is 0.299 e. The summed E-state index contributed by atoms with van der Waals surface area (Å²) in [6.07, 6.45) is 2.59. The number of aromatic nitrogens is 1. The first-order valence-corrected chi connectivity index (χ1v) is 6.81. The lowest BCUT2D eigenvalue weighted by atomic mass is 10.1. The van der Waals surface area contributed by atoms with Crippen LogP contribution in [0.5, 0.6) is 0 Å². The van der Waals surface area contributed by atoms with Crippen LogP contribution in [-0.2, 0) is 6.42 Å². The van der Waals surface area contributed by atoms with Crippen LogP contribution in [0.25, 0.3) is 0 Å². The second kappa shape index (κ2) is 7.32. The van der Waals surface area contributed by atoms with Crippen LogP contribution in [0, 0.1) is 11.3 Å². The van der Waals surface area contributed by atoms with Gasteiger partial charge in [-0.1, -0.05) is 18.2 Å². The Morgan fingerprint density at radius 3 is 2.62 bits per heavy atom. The van der Waals surface area contributed by atoms with Crippen molar-refractivity contribution in [2.24, 2.45) is 0 Å². The van der Waals surface area contributed by atoms with Crippen LogP contribution in [0.15, 0.2) is 48.7 Å². The van der Waals surface area contributed by atoms with Gasteiger partial charge in [0.2, 0.25) is 0 Å². The molecule has 0 saturated carbocycles. The van der Waals surface area contributed by atoms with E-state index in [0.29, 0.717) is 17.7 Å². The first-order chi connectivity index (χ1) is 10.2. The van der Waals surface area contributed by atoms with Gasteiger partial charge < -0.3 is 0 Å². The minimum atomic E-state index is 0.0583. The maximum Gasteiger partial charge on any atom is 0.176 e. The number of pyridine rings is 1. The van der Waals surface area contributed by atoms with Gasteiger partial charge >= 0.3 is 0 Å². The molecule has 2 aromatic rings. The van der Waals surface area contributed by atoms with E-state index in [-0.39, 0.29) is 5.78 Å². The lowest BCUT2D eigenvalue weighted by Gasteiger charge is -2.15. The van der Waals surface area contributed by atoms with Crippen LogP contribution < -0.4 is 0 Å². The summed E-state index contributed by atoms with van der Waals surface area (Å²) in [7, 11) is 1.92. The number of carbonyl (C=O) groups is 1. The average molecular weight is 279 g/mol. The minimum absolute atomic E-state index is 0.0583. The van der Waals surface area contributed by atoms with Gasteiger partial charge in [-0.15, -0.1) is 0 Å². The smallest absolute Gasteiger partial charge is 0.176 e. The van der Waals surface area contributed by atoms with Crippen LogP contribution in [0.3, 0.4) is 0 Å². The first-order valence-electron chi connectivity index (χ1n) is 6.81. The molecule has 0 bridgehead atoms. The zero-order valence-corrected chi connectivity index (χ0v) is 12.0. The van der Waals surface area contributed by atoms with Crippen LogP contribution in [0.2, 0.25) is 0 Å². The van der Waals surface area contributed by atoms with Crippen molar-refractivity contribution in [1.29, 1.82) is 5.26 Å². The molecule has 0 radical (unpaired) electrons. The third kappa shape index (κ3) is 4.51. The summed E-state index contributed by atoms with van der Waals surface area (Å²) in [5, 5.41) is 8.74. The van der Waals surface area contributed by atoms with Gasteiger partial charge in [0.15, 0.2) is 5.78 Å². The van der Waals surface area contributed by atoms with Crippen molar-refractivity contribution in [3.05, 3.63) is 65.5 Å². The van der Waals surface area contributed by atoms with E-state index >= 15 is 0 Å². The number of likely N-dealkylation sites (N-methyl/N-ethyl adjacent to an activating group) is 1. The zero-order valence-electron chi connectivity index (χ0n) is 12.0. The Kier molecular flexibility index (Phi) is 5.19. The van der Waals surface area contributed by atoms with Crippen molar-refractivity contribution in [1.82, 2.24) is 9.88 Å². The van der Waals surface area contributed by atoms with Gasteiger partial charge in [-0.05, 0) is 31.3 Å². The van der Waals surface area contributed by atoms with Crippen molar-refractivity contribution < 1.29 is 4.79 Å². The maximum absolute atomic E-state index is 12.1. The summed E-state index contributed by atoms with van der Waals surface area (Å²) >= 11 is 0. The summed E-state index contributed by atoms with van der Waals surface area (Å²) in [5.74, 6) is 0.0583. The number of rotatable bonds is 6. The topological polar surface area (TPSA) is 57.0 Å². The molecule has 0 saturated heterocycles. The zero-order chi connectivity index (χ0) is 15.1. The Hall–Kier alpha value is -2.51. The van der Waals surface area contributed by atoms with Crippen molar-refractivity contribution in [3.63, 3.8) is 0 Å². The summed E-state index contributed by atoms with van der Waals surface area (Å²) in [5.41, 5.74) is 2.23. The Morgan fingerprint density at radius 1 is 1.24 bits per heavy atom. The van der Waals surface area contributed by atoms with Crippen LogP contribution >= 0.6 is 0 Å². The minimum Gasteiger partial charge on any atom is -0.299 e. The number of hydrogen-bond acceptors (Lipinski definition) is 4. The SMILES string of the molecule is CN(CCc1ccccn1)CC(=O)c1ccc(C#N)cc1. The summed E-state index contributed by atoms with van der Waals surface area (Å²) < 4.78 is 0. The lowest BCUT2D eigenvalue weighted by molar-refractivity contribution is 0.0946. The normalized spacial score (nSPS) is 10.3. The molecule has 4 heteroatoms. The van der Waals surface area contributed by atoms with Crippen molar-refractivity contribution in [3.8, 4) is 6.07 Å². The highest BCUT2D eigenvalue weighted by molar-refractivity contribution is 5.97. The quantitative estimate of drug-likeness (QED) is 0.761. The molecule has 1 aromatic carbocycles. The molecule has 2 rings (SSSR count). The van der Waals surface area contributed by atoms with Gasteiger partial charge in [-0.3, -0.25) is 14.7 Å². The molecule has 0 atom stereocenters. The molecule has 21 heavy (non-hydrogen) atoms. The van der Waals surface area contributed by atoms with Gasteiger partial charge in [-0.2, -0.15) is 5.26 Å². The van der Waals surface area contributed by atoms with E-state index < -0.39 is 0 Å². The predicted octanol–water partition coefficient (Wildman–Crippen LogP) is 2.31. The molecule has 0 aliphatic rings. The standard InChI is InChI=1S/C17H17N3O/c1-20(11-9-16-4-2-3-10-19-16)13-17(21)15-7-5-14(12-18)6-8-15/h2-8,10H,9,11,13H2,1H3. The van der Waals surface area contributed by atoms with Crippen molar-refractivity contribution in [2.75, 3.05) is 20.1 Å². The van der Waals surface area contributed by atoms with E-state index in [1.807, 2.05) is 36.2 Å². The number of hydrogen-bond donors (Lipinski definition) is 0. The molecule has 0 N–H and O–H groups in total. The number of Topliss-reactive ketones (excluding diaryl/α,β-unsaturated/α-hetero) is 1. The van der Waals surface area contributed by atoms with Gasteiger partial charge in [-0.25, -0.2) is 0 Å². The number of ketones is 1.